The second-order valence-corrected chi connectivity index (χ2v) is 4.15. The van der Waals surface area contributed by atoms with Gasteiger partial charge in [-0.05, 0) is 12.1 Å². The number of nitriles is 1. The lowest BCUT2D eigenvalue weighted by Crippen LogP contribution is -2.05. The normalized spacial score (nSPS) is 10.3. The van der Waals surface area contributed by atoms with Crippen LogP contribution in [0.25, 0.3) is 10.9 Å². The van der Waals surface area contributed by atoms with Gasteiger partial charge < -0.3 is 4.98 Å². The van der Waals surface area contributed by atoms with Crippen molar-refractivity contribution in [1.82, 2.24) is 4.98 Å². The monoisotopic (exact) mass is 252 g/mol. The first-order valence-electron chi connectivity index (χ1n) is 4.49. The number of halogens is 2. The number of hydrogen-bond donors (Lipinski definition) is 1. The summed E-state index contributed by atoms with van der Waals surface area (Å²) >= 11 is 11.8. The SMILES string of the molecule is N#CCc1cc(=O)c2c(Cl)cc(Cl)cc2[nH]1. The molecule has 2 aromatic rings. The van der Waals surface area contributed by atoms with Crippen molar-refractivity contribution in [2.24, 2.45) is 0 Å². The highest BCUT2D eigenvalue weighted by Crippen LogP contribution is 2.24. The van der Waals surface area contributed by atoms with E-state index in [1.807, 2.05) is 6.07 Å². The molecule has 0 spiro atoms. The van der Waals surface area contributed by atoms with Crippen molar-refractivity contribution in [2.45, 2.75) is 6.42 Å². The fourth-order valence-electron chi connectivity index (χ4n) is 1.54. The first-order chi connectivity index (χ1) is 7.61. The topological polar surface area (TPSA) is 56.6 Å². The molecule has 0 aliphatic heterocycles. The number of nitrogens with one attached hydrogen (secondary N) is 1. The van der Waals surface area contributed by atoms with E-state index in [1.165, 1.54) is 12.1 Å². The third-order valence-electron chi connectivity index (χ3n) is 2.17. The second kappa shape index (κ2) is 4.17. The van der Waals surface area contributed by atoms with Crippen LogP contribution >= 0.6 is 23.2 Å². The number of nitrogens with zero attached hydrogens (tertiary/aromatic N) is 1. The van der Waals surface area contributed by atoms with Gasteiger partial charge in [-0.15, -0.1) is 0 Å². The van der Waals surface area contributed by atoms with Crippen LogP contribution < -0.4 is 5.43 Å². The van der Waals surface area contributed by atoms with Gasteiger partial charge in [-0.25, -0.2) is 0 Å². The number of aromatic nitrogens is 1. The Morgan fingerprint density at radius 2 is 2.06 bits per heavy atom. The van der Waals surface area contributed by atoms with Gasteiger partial charge in [0.25, 0.3) is 0 Å². The Balaban J connectivity index is 2.83. The minimum Gasteiger partial charge on any atom is -0.357 e. The number of rotatable bonds is 1. The third-order valence-corrected chi connectivity index (χ3v) is 2.69. The van der Waals surface area contributed by atoms with Crippen LogP contribution in [0.15, 0.2) is 23.0 Å². The lowest BCUT2D eigenvalue weighted by molar-refractivity contribution is 1.14. The van der Waals surface area contributed by atoms with Gasteiger partial charge in [0.05, 0.1) is 28.4 Å². The van der Waals surface area contributed by atoms with E-state index in [2.05, 4.69) is 4.98 Å². The fourth-order valence-corrected chi connectivity index (χ4v) is 2.13. The van der Waals surface area contributed by atoms with Gasteiger partial charge in [0, 0.05) is 16.8 Å². The van der Waals surface area contributed by atoms with Crippen LogP contribution in [0.4, 0.5) is 0 Å². The molecule has 0 atom stereocenters. The summed E-state index contributed by atoms with van der Waals surface area (Å²) in [4.78, 5) is 14.7. The molecule has 0 aliphatic carbocycles. The van der Waals surface area contributed by atoms with Crippen LogP contribution in [0.1, 0.15) is 5.69 Å². The van der Waals surface area contributed by atoms with E-state index >= 15 is 0 Å². The highest BCUT2D eigenvalue weighted by Gasteiger charge is 2.07. The van der Waals surface area contributed by atoms with Gasteiger partial charge in [-0.3, -0.25) is 4.79 Å². The maximum atomic E-state index is 11.7. The van der Waals surface area contributed by atoms with Crippen LogP contribution in [0.2, 0.25) is 10.0 Å². The zero-order valence-electron chi connectivity index (χ0n) is 8.05. The minimum atomic E-state index is -0.208. The first-order valence-corrected chi connectivity index (χ1v) is 5.25. The Kier molecular flexibility index (Phi) is 2.86. The van der Waals surface area contributed by atoms with Crippen LogP contribution in [-0.2, 0) is 6.42 Å². The van der Waals surface area contributed by atoms with E-state index in [0.717, 1.165) is 0 Å². The molecule has 1 aromatic carbocycles. The van der Waals surface area contributed by atoms with Crippen molar-refractivity contribution >= 4 is 34.1 Å². The number of hydrogen-bond acceptors (Lipinski definition) is 2. The zero-order valence-corrected chi connectivity index (χ0v) is 9.56. The van der Waals surface area contributed by atoms with Crippen molar-refractivity contribution in [3.8, 4) is 6.07 Å². The lowest BCUT2D eigenvalue weighted by atomic mass is 10.1. The molecule has 1 aromatic heterocycles. The van der Waals surface area contributed by atoms with Crippen LogP contribution in [0.5, 0.6) is 0 Å². The Morgan fingerprint density at radius 3 is 2.75 bits per heavy atom. The molecule has 2 rings (SSSR count). The largest absolute Gasteiger partial charge is 0.357 e. The molecule has 0 fully saturated rings. The van der Waals surface area contributed by atoms with Gasteiger partial charge in [0.1, 0.15) is 0 Å². The molecule has 0 radical (unpaired) electrons. The van der Waals surface area contributed by atoms with Gasteiger partial charge in [-0.2, -0.15) is 5.26 Å². The average molecular weight is 253 g/mol. The lowest BCUT2D eigenvalue weighted by Gasteiger charge is -2.03. The molecule has 16 heavy (non-hydrogen) atoms. The summed E-state index contributed by atoms with van der Waals surface area (Å²) in [6, 6.07) is 6.48. The van der Waals surface area contributed by atoms with Gasteiger partial charge in [0.15, 0.2) is 5.43 Å². The van der Waals surface area contributed by atoms with Crippen LogP contribution in [0.3, 0.4) is 0 Å². The maximum Gasteiger partial charge on any atom is 0.191 e. The Hall–Kier alpha value is -1.50. The van der Waals surface area contributed by atoms with E-state index in [9.17, 15) is 4.79 Å². The molecular formula is C11H6Cl2N2O. The van der Waals surface area contributed by atoms with Crippen LogP contribution in [0, 0.1) is 11.3 Å². The Bertz CT molecular complexity index is 655. The molecule has 0 amide bonds. The van der Waals surface area contributed by atoms with E-state index in [-0.39, 0.29) is 11.8 Å². The Morgan fingerprint density at radius 1 is 1.31 bits per heavy atom. The summed E-state index contributed by atoms with van der Waals surface area (Å²) in [6.07, 6.45) is 0.148. The quantitative estimate of drug-likeness (QED) is 0.849. The molecule has 0 unspecified atom stereocenters. The van der Waals surface area contributed by atoms with Crippen LogP contribution in [-0.4, -0.2) is 4.98 Å². The molecule has 3 nitrogen and oxygen atoms in total. The Labute approximate surface area is 101 Å². The third kappa shape index (κ3) is 1.90. The number of fused-ring (bicyclic) bond motifs is 1. The summed E-state index contributed by atoms with van der Waals surface area (Å²) in [5.41, 5.74) is 0.897. The molecule has 1 N–H and O–H groups in total. The summed E-state index contributed by atoms with van der Waals surface area (Å²) in [7, 11) is 0. The van der Waals surface area contributed by atoms with E-state index < -0.39 is 0 Å². The van der Waals surface area contributed by atoms with Gasteiger partial charge >= 0.3 is 0 Å². The van der Waals surface area contributed by atoms with Gasteiger partial charge in [0.2, 0.25) is 0 Å². The fraction of sp³-hybridized carbons (Fsp3) is 0.0909. The van der Waals surface area contributed by atoms with Gasteiger partial charge in [-0.1, -0.05) is 23.2 Å². The summed E-state index contributed by atoms with van der Waals surface area (Å²) in [6.45, 7) is 0. The van der Waals surface area contributed by atoms with Crippen molar-refractivity contribution in [1.29, 1.82) is 5.26 Å². The summed E-state index contributed by atoms with van der Waals surface area (Å²) in [5, 5.41) is 9.72. The highest BCUT2D eigenvalue weighted by molar-refractivity contribution is 6.38. The number of aromatic amines is 1. The standard InChI is InChI=1S/C11H6Cl2N2O/c12-6-3-8(13)11-9(4-6)15-7(1-2-14)5-10(11)16/h3-5H,1H2,(H,15,16). The van der Waals surface area contributed by atoms with Crippen molar-refractivity contribution in [3.05, 3.63) is 44.2 Å². The zero-order chi connectivity index (χ0) is 11.7. The smallest absolute Gasteiger partial charge is 0.191 e. The van der Waals surface area contributed by atoms with Crippen molar-refractivity contribution in [3.63, 3.8) is 0 Å². The predicted molar refractivity (Wildman–Crippen MR) is 63.9 cm³/mol. The molecule has 80 valence electrons. The molecule has 0 aliphatic rings. The molecule has 0 saturated carbocycles. The highest BCUT2D eigenvalue weighted by atomic mass is 35.5. The minimum absolute atomic E-state index is 0.148. The molecule has 5 heteroatoms. The molecule has 0 saturated heterocycles. The first kappa shape index (κ1) is 11.0. The van der Waals surface area contributed by atoms with Crippen molar-refractivity contribution in [2.75, 3.05) is 0 Å². The number of pyridine rings is 1. The molecular weight excluding hydrogens is 247 g/mol. The maximum absolute atomic E-state index is 11.7. The summed E-state index contributed by atoms with van der Waals surface area (Å²) < 4.78 is 0. The molecule has 0 bridgehead atoms. The summed E-state index contributed by atoms with van der Waals surface area (Å²) in [5.74, 6) is 0. The number of H-pyrrole nitrogens is 1. The predicted octanol–water partition coefficient (Wildman–Crippen LogP) is 2.90. The number of benzene rings is 1. The molecule has 1 heterocycles. The second-order valence-electron chi connectivity index (χ2n) is 3.30. The van der Waals surface area contributed by atoms with E-state index in [4.69, 9.17) is 28.5 Å². The van der Waals surface area contributed by atoms with Crippen molar-refractivity contribution < 1.29 is 0 Å². The van der Waals surface area contributed by atoms with E-state index in [1.54, 1.807) is 6.07 Å². The van der Waals surface area contributed by atoms with E-state index in [0.29, 0.717) is 26.6 Å². The average Bonchev–Trinajstić information content (AvgIpc) is 2.15.